The predicted molar refractivity (Wildman–Crippen MR) is 141 cm³/mol. The zero-order valence-corrected chi connectivity index (χ0v) is 21.7. The predicted octanol–water partition coefficient (Wildman–Crippen LogP) is 4.42. The van der Waals surface area contributed by atoms with E-state index in [1.165, 1.54) is 22.0 Å². The van der Waals surface area contributed by atoms with E-state index >= 15 is 0 Å². The number of hydrogen-bond donors (Lipinski definition) is 3. The summed E-state index contributed by atoms with van der Waals surface area (Å²) in [6, 6.07) is 10.2. The van der Waals surface area contributed by atoms with Gasteiger partial charge in [0.05, 0.1) is 27.9 Å². The summed E-state index contributed by atoms with van der Waals surface area (Å²) in [4.78, 5) is 8.09. The van der Waals surface area contributed by atoms with E-state index in [-0.39, 0.29) is 24.0 Å². The first-order valence-corrected chi connectivity index (χ1v) is 10.5. The quantitative estimate of drug-likeness (QED) is 0.208. The van der Waals surface area contributed by atoms with E-state index in [2.05, 4.69) is 53.9 Å². The van der Waals surface area contributed by atoms with Crippen molar-refractivity contribution in [2.45, 2.75) is 26.8 Å². The molecule has 3 rings (SSSR count). The number of fused-ring (bicyclic) bond motifs is 1. The summed E-state index contributed by atoms with van der Waals surface area (Å²) in [5.74, 6) is 2.76. The molecule has 0 radical (unpaired) electrons. The number of methoxy groups -OCH3 is 3. The number of nitrogens with zero attached hydrogens (tertiary/aromatic N) is 1. The molecule has 3 aromatic rings. The Labute approximate surface area is 207 Å². The monoisotopic (exact) mass is 552 g/mol. The van der Waals surface area contributed by atoms with Gasteiger partial charge in [-0.05, 0) is 43.5 Å². The molecule has 8 heteroatoms. The highest BCUT2D eigenvalue weighted by molar-refractivity contribution is 14.0. The van der Waals surface area contributed by atoms with Gasteiger partial charge in [-0.3, -0.25) is 0 Å². The second kappa shape index (κ2) is 12.4. The van der Waals surface area contributed by atoms with Crippen molar-refractivity contribution in [3.63, 3.8) is 0 Å². The minimum Gasteiger partial charge on any atom is -0.496 e. The normalized spacial score (nSPS) is 11.1. The Hall–Kier alpha value is -2.62. The van der Waals surface area contributed by atoms with Gasteiger partial charge in [0.15, 0.2) is 17.5 Å². The SMILES string of the molecule is CCNC(=NCc1cc(OC)c(OC)cc1OC)NCCc1c[nH]c2cc(C)ccc12.I. The first-order valence-electron chi connectivity index (χ1n) is 10.5. The number of guanidine groups is 1. The second-order valence-corrected chi connectivity index (χ2v) is 7.25. The van der Waals surface area contributed by atoms with Gasteiger partial charge in [0, 0.05) is 41.8 Å². The van der Waals surface area contributed by atoms with Gasteiger partial charge in [-0.2, -0.15) is 0 Å². The highest BCUT2D eigenvalue weighted by atomic mass is 127. The van der Waals surface area contributed by atoms with Gasteiger partial charge in [-0.1, -0.05) is 12.1 Å². The fourth-order valence-corrected chi connectivity index (χ4v) is 3.54. The van der Waals surface area contributed by atoms with Gasteiger partial charge in [-0.25, -0.2) is 4.99 Å². The molecular weight excluding hydrogens is 519 g/mol. The van der Waals surface area contributed by atoms with E-state index in [0.29, 0.717) is 23.8 Å². The van der Waals surface area contributed by atoms with Crippen LogP contribution >= 0.6 is 24.0 Å². The molecule has 0 aliphatic rings. The Morgan fingerprint density at radius 1 is 0.938 bits per heavy atom. The highest BCUT2D eigenvalue weighted by Gasteiger charge is 2.12. The minimum atomic E-state index is 0. The van der Waals surface area contributed by atoms with Crippen LogP contribution in [0.15, 0.2) is 41.5 Å². The summed E-state index contributed by atoms with van der Waals surface area (Å²) in [6.45, 7) is 6.16. The third kappa shape index (κ3) is 6.21. The molecule has 0 aliphatic heterocycles. The number of aliphatic imine (C=N–C) groups is 1. The molecule has 0 amide bonds. The number of hydrogen-bond acceptors (Lipinski definition) is 4. The Kier molecular flexibility index (Phi) is 9.96. The largest absolute Gasteiger partial charge is 0.496 e. The number of aromatic nitrogens is 1. The van der Waals surface area contributed by atoms with Gasteiger partial charge in [0.2, 0.25) is 0 Å². The lowest BCUT2D eigenvalue weighted by atomic mass is 10.1. The number of H-pyrrole nitrogens is 1. The van der Waals surface area contributed by atoms with Gasteiger partial charge >= 0.3 is 0 Å². The van der Waals surface area contributed by atoms with Crippen LogP contribution in [0.3, 0.4) is 0 Å². The van der Waals surface area contributed by atoms with Crippen LogP contribution in [0.25, 0.3) is 10.9 Å². The number of aromatic amines is 1. The van der Waals surface area contributed by atoms with Crippen LogP contribution in [-0.2, 0) is 13.0 Å². The number of halogens is 1. The lowest BCUT2D eigenvalue weighted by molar-refractivity contribution is 0.347. The number of aryl methyl sites for hydroxylation is 1. The molecule has 174 valence electrons. The van der Waals surface area contributed by atoms with Gasteiger partial charge < -0.3 is 29.8 Å². The molecule has 3 N–H and O–H groups in total. The van der Waals surface area contributed by atoms with Crippen molar-refractivity contribution in [2.24, 2.45) is 4.99 Å². The molecule has 0 fully saturated rings. The molecule has 0 unspecified atom stereocenters. The molecule has 0 bridgehead atoms. The van der Waals surface area contributed by atoms with E-state index in [0.717, 1.165) is 31.0 Å². The van der Waals surface area contributed by atoms with E-state index < -0.39 is 0 Å². The van der Waals surface area contributed by atoms with Crippen molar-refractivity contribution in [1.82, 2.24) is 15.6 Å². The van der Waals surface area contributed by atoms with Crippen LogP contribution < -0.4 is 24.8 Å². The lowest BCUT2D eigenvalue weighted by Crippen LogP contribution is -2.38. The fraction of sp³-hybridized carbons (Fsp3) is 0.375. The van der Waals surface area contributed by atoms with Crippen molar-refractivity contribution in [2.75, 3.05) is 34.4 Å². The zero-order chi connectivity index (χ0) is 22.2. The molecule has 2 aromatic carbocycles. The number of ether oxygens (including phenoxy) is 3. The molecule has 32 heavy (non-hydrogen) atoms. The minimum absolute atomic E-state index is 0. The smallest absolute Gasteiger partial charge is 0.191 e. The van der Waals surface area contributed by atoms with Crippen molar-refractivity contribution in [1.29, 1.82) is 0 Å². The summed E-state index contributed by atoms with van der Waals surface area (Å²) in [5, 5.41) is 7.99. The zero-order valence-electron chi connectivity index (χ0n) is 19.4. The van der Waals surface area contributed by atoms with Crippen molar-refractivity contribution < 1.29 is 14.2 Å². The van der Waals surface area contributed by atoms with E-state index in [9.17, 15) is 0 Å². The standard InChI is InChI=1S/C24H32N4O3.HI/c1-6-25-24(26-10-9-17-14-27-20-11-16(2)7-8-19(17)20)28-15-18-12-22(30-4)23(31-5)13-21(18)29-3;/h7-8,11-14,27H,6,9-10,15H2,1-5H3,(H2,25,26,28);1H. The first-order chi connectivity index (χ1) is 15.1. The van der Waals surface area contributed by atoms with E-state index in [1.807, 2.05) is 12.1 Å². The molecule has 1 aromatic heterocycles. The summed E-state index contributed by atoms with van der Waals surface area (Å²) in [6.07, 6.45) is 2.98. The van der Waals surface area contributed by atoms with Crippen LogP contribution in [0.1, 0.15) is 23.6 Å². The molecule has 0 atom stereocenters. The Morgan fingerprint density at radius 2 is 1.66 bits per heavy atom. The molecule has 0 saturated heterocycles. The van der Waals surface area contributed by atoms with Gasteiger partial charge in [0.1, 0.15) is 5.75 Å². The van der Waals surface area contributed by atoms with Crippen LogP contribution in [-0.4, -0.2) is 45.4 Å². The van der Waals surface area contributed by atoms with Crippen LogP contribution in [0.2, 0.25) is 0 Å². The molecule has 7 nitrogen and oxygen atoms in total. The van der Waals surface area contributed by atoms with Crippen LogP contribution in [0.4, 0.5) is 0 Å². The number of rotatable bonds is 9. The summed E-state index contributed by atoms with van der Waals surface area (Å²) in [7, 11) is 4.87. The number of nitrogens with one attached hydrogen (secondary N) is 3. The average molecular weight is 552 g/mol. The summed E-state index contributed by atoms with van der Waals surface area (Å²) >= 11 is 0. The fourth-order valence-electron chi connectivity index (χ4n) is 3.54. The molecule has 0 aliphatic carbocycles. The van der Waals surface area contributed by atoms with Crippen LogP contribution in [0.5, 0.6) is 17.2 Å². The molecule has 1 heterocycles. The van der Waals surface area contributed by atoms with E-state index in [4.69, 9.17) is 19.2 Å². The molecular formula is C24H33IN4O3. The summed E-state index contributed by atoms with van der Waals surface area (Å²) in [5.41, 5.74) is 4.64. The Balaban J connectivity index is 0.00000363. The highest BCUT2D eigenvalue weighted by Crippen LogP contribution is 2.34. The van der Waals surface area contributed by atoms with Crippen LogP contribution in [0, 0.1) is 6.92 Å². The topological polar surface area (TPSA) is 79.9 Å². The number of benzene rings is 2. The second-order valence-electron chi connectivity index (χ2n) is 7.25. The first kappa shape index (κ1) is 25.6. The maximum absolute atomic E-state index is 5.51. The molecule has 0 saturated carbocycles. The molecule has 0 spiro atoms. The van der Waals surface area contributed by atoms with Crippen molar-refractivity contribution in [3.8, 4) is 17.2 Å². The summed E-state index contributed by atoms with van der Waals surface area (Å²) < 4.78 is 16.3. The average Bonchev–Trinajstić information content (AvgIpc) is 3.18. The van der Waals surface area contributed by atoms with Crippen molar-refractivity contribution >= 4 is 40.8 Å². The van der Waals surface area contributed by atoms with E-state index in [1.54, 1.807) is 21.3 Å². The maximum atomic E-state index is 5.51. The van der Waals surface area contributed by atoms with Gasteiger partial charge in [-0.15, -0.1) is 24.0 Å². The lowest BCUT2D eigenvalue weighted by Gasteiger charge is -2.14. The maximum Gasteiger partial charge on any atom is 0.191 e. The Bertz CT molecular complexity index is 1050. The Morgan fingerprint density at radius 3 is 2.34 bits per heavy atom. The van der Waals surface area contributed by atoms with Gasteiger partial charge in [0.25, 0.3) is 0 Å². The van der Waals surface area contributed by atoms with Crippen molar-refractivity contribution in [3.05, 3.63) is 53.2 Å². The third-order valence-electron chi connectivity index (χ3n) is 5.15. The third-order valence-corrected chi connectivity index (χ3v) is 5.15.